The summed E-state index contributed by atoms with van der Waals surface area (Å²) in [5, 5.41) is 7.52. The van der Waals surface area contributed by atoms with Crippen LogP contribution in [0.25, 0.3) is 93.5 Å². The van der Waals surface area contributed by atoms with Crippen LogP contribution in [0, 0.1) is 0 Å². The maximum atomic E-state index is 2.43. The van der Waals surface area contributed by atoms with Gasteiger partial charge in [0, 0.05) is 44.5 Å². The van der Waals surface area contributed by atoms with Gasteiger partial charge in [-0.05, 0) is 126 Å². The number of aromatic nitrogens is 1. The third-order valence-electron chi connectivity index (χ3n) is 14.4. The predicted molar refractivity (Wildman–Crippen MR) is 284 cm³/mol. The summed E-state index contributed by atoms with van der Waals surface area (Å²) in [5.41, 5.74) is 19.4. The first-order chi connectivity index (χ1) is 33.0. The molecule has 0 saturated heterocycles. The number of hydrogen-bond acceptors (Lipinski definition) is 1. The van der Waals surface area contributed by atoms with Gasteiger partial charge in [-0.1, -0.05) is 202 Å². The molecule has 67 heavy (non-hydrogen) atoms. The number of para-hydroxylation sites is 3. The van der Waals surface area contributed by atoms with Crippen molar-refractivity contribution in [1.82, 2.24) is 4.57 Å². The van der Waals surface area contributed by atoms with Gasteiger partial charge >= 0.3 is 0 Å². The first kappa shape index (κ1) is 39.0. The van der Waals surface area contributed by atoms with Gasteiger partial charge in [0.05, 0.1) is 11.0 Å². The number of rotatable bonds is 7. The van der Waals surface area contributed by atoms with E-state index in [-0.39, 0.29) is 5.41 Å². The fourth-order valence-electron chi connectivity index (χ4n) is 11.2. The normalized spacial score (nSPS) is 12.7. The van der Waals surface area contributed by atoms with Crippen LogP contribution in [-0.2, 0) is 5.41 Å². The first-order valence-electron chi connectivity index (χ1n) is 23.3. The zero-order valence-electron chi connectivity index (χ0n) is 37.5. The summed E-state index contributed by atoms with van der Waals surface area (Å²) in [6.07, 6.45) is 0. The summed E-state index contributed by atoms with van der Waals surface area (Å²) in [7, 11) is 0. The van der Waals surface area contributed by atoms with Gasteiger partial charge in [-0.3, -0.25) is 0 Å². The van der Waals surface area contributed by atoms with Gasteiger partial charge in [0.25, 0.3) is 0 Å². The molecule has 0 N–H and O–H groups in total. The molecule has 0 aliphatic heterocycles. The van der Waals surface area contributed by atoms with Crippen LogP contribution in [0.3, 0.4) is 0 Å². The zero-order valence-corrected chi connectivity index (χ0v) is 37.5. The van der Waals surface area contributed by atoms with E-state index < -0.39 is 0 Å². The third-order valence-corrected chi connectivity index (χ3v) is 14.4. The number of benzene rings is 11. The Labute approximate surface area is 391 Å². The molecule has 11 aromatic carbocycles. The van der Waals surface area contributed by atoms with Crippen molar-refractivity contribution in [2.45, 2.75) is 19.3 Å². The molecule has 13 rings (SSSR count). The number of hydrogen-bond donors (Lipinski definition) is 0. The average molecular weight is 855 g/mol. The lowest BCUT2D eigenvalue weighted by molar-refractivity contribution is 0.660. The molecule has 0 atom stereocenters. The van der Waals surface area contributed by atoms with Crippen LogP contribution in [0.2, 0.25) is 0 Å². The lowest BCUT2D eigenvalue weighted by Gasteiger charge is -2.27. The highest BCUT2D eigenvalue weighted by Crippen LogP contribution is 2.52. The van der Waals surface area contributed by atoms with Gasteiger partial charge in [-0.25, -0.2) is 0 Å². The van der Waals surface area contributed by atoms with Crippen LogP contribution >= 0.6 is 0 Å². The summed E-state index contributed by atoms with van der Waals surface area (Å²) in [6, 6.07) is 89.4. The number of anilines is 3. The summed E-state index contributed by atoms with van der Waals surface area (Å²) in [5.74, 6) is 0. The molecule has 0 saturated carbocycles. The topological polar surface area (TPSA) is 8.17 Å². The highest BCUT2D eigenvalue weighted by Gasteiger charge is 2.36. The summed E-state index contributed by atoms with van der Waals surface area (Å²) >= 11 is 0. The predicted octanol–water partition coefficient (Wildman–Crippen LogP) is 17.9. The molecule has 316 valence electrons. The van der Waals surface area contributed by atoms with E-state index in [1.165, 1.54) is 93.4 Å². The van der Waals surface area contributed by atoms with Crippen molar-refractivity contribution in [3.63, 3.8) is 0 Å². The van der Waals surface area contributed by atoms with Crippen molar-refractivity contribution >= 4 is 60.4 Å². The van der Waals surface area contributed by atoms with Gasteiger partial charge in [0.1, 0.15) is 0 Å². The van der Waals surface area contributed by atoms with Crippen LogP contribution in [0.5, 0.6) is 0 Å². The van der Waals surface area contributed by atoms with Crippen LogP contribution in [0.1, 0.15) is 25.0 Å². The van der Waals surface area contributed by atoms with Gasteiger partial charge in [0.2, 0.25) is 0 Å². The minimum atomic E-state index is -0.0638. The van der Waals surface area contributed by atoms with Gasteiger partial charge in [-0.15, -0.1) is 0 Å². The summed E-state index contributed by atoms with van der Waals surface area (Å²) < 4.78 is 2.43. The summed E-state index contributed by atoms with van der Waals surface area (Å²) in [4.78, 5) is 2.43. The fraction of sp³-hybridized carbons (Fsp3) is 0.0462. The smallest absolute Gasteiger partial charge is 0.0619 e. The Morgan fingerprint density at radius 2 is 0.925 bits per heavy atom. The Hall–Kier alpha value is -8.46. The third kappa shape index (κ3) is 6.18. The van der Waals surface area contributed by atoms with Crippen LogP contribution in [0.4, 0.5) is 17.1 Å². The van der Waals surface area contributed by atoms with Gasteiger partial charge in [0.15, 0.2) is 0 Å². The quantitative estimate of drug-likeness (QED) is 0.145. The number of fused-ring (bicyclic) bond motifs is 9. The fourth-order valence-corrected chi connectivity index (χ4v) is 11.2. The molecule has 2 heteroatoms. The molecule has 0 bridgehead atoms. The van der Waals surface area contributed by atoms with Crippen molar-refractivity contribution in [3.05, 3.63) is 254 Å². The Kier molecular flexibility index (Phi) is 8.91. The molecule has 1 aromatic heterocycles. The molecular formula is C65H46N2. The van der Waals surface area contributed by atoms with Crippen LogP contribution in [0.15, 0.2) is 243 Å². The largest absolute Gasteiger partial charge is 0.310 e. The van der Waals surface area contributed by atoms with Crippen molar-refractivity contribution < 1.29 is 0 Å². The molecule has 0 fully saturated rings. The molecule has 0 unspecified atom stereocenters. The zero-order chi connectivity index (χ0) is 44.6. The van der Waals surface area contributed by atoms with Crippen molar-refractivity contribution in [2.24, 2.45) is 0 Å². The molecule has 2 nitrogen and oxygen atoms in total. The molecular weight excluding hydrogens is 809 g/mol. The monoisotopic (exact) mass is 854 g/mol. The SMILES string of the molecule is CC1(C)c2ccccc2-c2c(-c3ccc(N(c4cccc(-c5cccc6c5ccc5ccccc56)c4)c4cccc(-c5cccc6c7ccccc7n(-c7ccccc7)c56)c4)cc3)cccc21. The molecule has 0 amide bonds. The maximum Gasteiger partial charge on any atom is 0.0619 e. The summed E-state index contributed by atoms with van der Waals surface area (Å²) in [6.45, 7) is 4.71. The van der Waals surface area contributed by atoms with Gasteiger partial charge in [-0.2, -0.15) is 0 Å². The highest BCUT2D eigenvalue weighted by atomic mass is 15.1. The molecule has 12 aromatic rings. The second-order valence-corrected chi connectivity index (χ2v) is 18.5. The lowest BCUT2D eigenvalue weighted by Crippen LogP contribution is -2.14. The van der Waals surface area contributed by atoms with E-state index in [0.29, 0.717) is 0 Å². The van der Waals surface area contributed by atoms with E-state index >= 15 is 0 Å². The highest BCUT2D eigenvalue weighted by molar-refractivity contribution is 6.14. The minimum Gasteiger partial charge on any atom is -0.310 e. The van der Waals surface area contributed by atoms with Crippen molar-refractivity contribution in [3.8, 4) is 50.2 Å². The van der Waals surface area contributed by atoms with E-state index in [2.05, 4.69) is 266 Å². The van der Waals surface area contributed by atoms with Crippen LogP contribution in [-0.4, -0.2) is 4.57 Å². The number of nitrogens with zero attached hydrogens (tertiary/aromatic N) is 2. The average Bonchev–Trinajstić information content (AvgIpc) is 3.85. The Morgan fingerprint density at radius 3 is 1.73 bits per heavy atom. The van der Waals surface area contributed by atoms with Crippen LogP contribution < -0.4 is 4.90 Å². The van der Waals surface area contributed by atoms with E-state index in [1.54, 1.807) is 0 Å². The molecule has 1 aliphatic carbocycles. The second-order valence-electron chi connectivity index (χ2n) is 18.5. The molecule has 1 heterocycles. The van der Waals surface area contributed by atoms with Crippen molar-refractivity contribution in [2.75, 3.05) is 4.90 Å². The van der Waals surface area contributed by atoms with Gasteiger partial charge < -0.3 is 9.47 Å². The van der Waals surface area contributed by atoms with E-state index in [9.17, 15) is 0 Å². The van der Waals surface area contributed by atoms with E-state index in [1.807, 2.05) is 0 Å². The maximum absolute atomic E-state index is 2.43. The first-order valence-corrected chi connectivity index (χ1v) is 23.3. The van der Waals surface area contributed by atoms with Crippen molar-refractivity contribution in [1.29, 1.82) is 0 Å². The lowest BCUT2D eigenvalue weighted by atomic mass is 9.82. The Balaban J connectivity index is 0.989. The minimum absolute atomic E-state index is 0.0638. The molecule has 1 aliphatic rings. The Bertz CT molecular complexity index is 3890. The van der Waals surface area contributed by atoms with E-state index in [0.717, 1.165) is 28.3 Å². The standard InChI is InChI=1S/C65H46N2/c1-65(2)60-32-10-8-26-59(60)63-53(28-16-33-61(63)65)44-35-38-48(39-36-44)66(49-22-12-18-45(41-49)52-27-14-30-55-51-24-7-6-17-43(51)37-40-56(52)55)50-23-13-19-46(42-50)54-29-15-31-58-57-25-9-11-34-62(57)67(64(54)58)47-20-4-3-5-21-47/h3-42H,1-2H3. The second kappa shape index (κ2) is 15.3. The van der Waals surface area contributed by atoms with E-state index in [4.69, 9.17) is 0 Å². The molecule has 0 radical (unpaired) electrons. The molecule has 0 spiro atoms. The Morgan fingerprint density at radius 1 is 0.343 bits per heavy atom.